The van der Waals surface area contributed by atoms with Gasteiger partial charge in [0.2, 0.25) is 0 Å². The molecule has 3 fully saturated rings. The van der Waals surface area contributed by atoms with Gasteiger partial charge in [0.1, 0.15) is 15.6 Å². The molecule has 0 N–H and O–H groups in total. The fourth-order valence-electron chi connectivity index (χ4n) is 3.89. The van der Waals surface area contributed by atoms with Gasteiger partial charge in [-0.1, -0.05) is 29.5 Å². The number of rotatable bonds is 5. The Hall–Kier alpha value is -1.37. The van der Waals surface area contributed by atoms with Crippen molar-refractivity contribution in [2.75, 3.05) is 6.61 Å². The zero-order valence-electron chi connectivity index (χ0n) is 13.4. The molecule has 0 aromatic carbocycles. The van der Waals surface area contributed by atoms with Crippen LogP contribution in [0.15, 0.2) is 0 Å². The highest BCUT2D eigenvalue weighted by Crippen LogP contribution is 2.62. The van der Waals surface area contributed by atoms with Gasteiger partial charge in [-0.05, 0) is 26.2 Å². The molecule has 0 radical (unpaired) electrons. The van der Waals surface area contributed by atoms with E-state index in [2.05, 4.69) is 6.07 Å². The van der Waals surface area contributed by atoms with Gasteiger partial charge < -0.3 is 14.2 Å². The molecule has 130 valence electrons. The minimum absolute atomic E-state index is 0.0590. The van der Waals surface area contributed by atoms with Gasteiger partial charge in [0.05, 0.1) is 6.07 Å². The molecule has 6 unspecified atom stereocenters. The van der Waals surface area contributed by atoms with Gasteiger partial charge >= 0.3 is 17.9 Å². The van der Waals surface area contributed by atoms with Crippen molar-refractivity contribution in [3.8, 4) is 6.07 Å². The second kappa shape index (κ2) is 5.86. The van der Waals surface area contributed by atoms with Crippen LogP contribution in [0.4, 0.5) is 0 Å². The molecule has 0 aromatic heterocycles. The molecule has 7 nitrogen and oxygen atoms in total. The molecule has 0 amide bonds. The van der Waals surface area contributed by atoms with Crippen molar-refractivity contribution in [2.24, 2.45) is 17.3 Å². The molecule has 1 heterocycles. The van der Waals surface area contributed by atoms with Gasteiger partial charge in [-0.3, -0.25) is 9.59 Å². The van der Waals surface area contributed by atoms with Crippen LogP contribution in [0.25, 0.3) is 0 Å². The Kier molecular flexibility index (Phi) is 4.26. The van der Waals surface area contributed by atoms with Crippen LogP contribution in [0.1, 0.15) is 33.1 Å². The van der Waals surface area contributed by atoms with Crippen molar-refractivity contribution in [3.63, 3.8) is 0 Å². The summed E-state index contributed by atoms with van der Waals surface area (Å²) in [5.74, 6) is -1.90. The fraction of sp³-hybridized carbons (Fsp3) is 0.750. The third-order valence-electron chi connectivity index (χ3n) is 5.44. The zero-order chi connectivity index (χ0) is 17.7. The number of carbonyl (C=O) groups is 3. The topological polar surface area (TPSA) is 103 Å². The predicted molar refractivity (Wildman–Crippen MR) is 87.7 cm³/mol. The first-order valence-electron chi connectivity index (χ1n) is 7.93. The molecule has 0 spiro atoms. The van der Waals surface area contributed by atoms with Crippen LogP contribution in [-0.4, -0.2) is 40.1 Å². The Morgan fingerprint density at radius 1 is 1.54 bits per heavy atom. The molecule has 8 heteroatoms. The summed E-state index contributed by atoms with van der Waals surface area (Å²) in [6, 6.07) is 2.10. The largest absolute Gasteiger partial charge is 0.457 e. The molecule has 24 heavy (non-hydrogen) atoms. The number of ether oxygens (including phenoxy) is 3. The molecule has 1 saturated heterocycles. The van der Waals surface area contributed by atoms with E-state index in [0.29, 0.717) is 19.3 Å². The first-order valence-corrected chi connectivity index (χ1v) is 9.01. The Bertz CT molecular complexity index is 641. The lowest BCUT2D eigenvalue weighted by atomic mass is 9.75. The molecular weight excluding hydrogens is 429 g/mol. The van der Waals surface area contributed by atoms with Gasteiger partial charge in [0, 0.05) is 11.8 Å². The minimum atomic E-state index is -1.06. The smallest absolute Gasteiger partial charge is 0.344 e. The summed E-state index contributed by atoms with van der Waals surface area (Å²) in [6.07, 6.45) is 0.487. The lowest BCUT2D eigenvalue weighted by Crippen LogP contribution is -2.40. The summed E-state index contributed by atoms with van der Waals surface area (Å²) < 4.78 is 15.0. The van der Waals surface area contributed by atoms with Gasteiger partial charge in [-0.2, -0.15) is 5.26 Å². The van der Waals surface area contributed by atoms with E-state index in [1.807, 2.05) is 29.5 Å². The summed E-state index contributed by atoms with van der Waals surface area (Å²) in [6.45, 7) is 3.13. The van der Waals surface area contributed by atoms with Crippen molar-refractivity contribution < 1.29 is 28.6 Å². The number of nitrogens with zero attached hydrogens (tertiary/aromatic N) is 1. The lowest BCUT2D eigenvalue weighted by molar-refractivity contribution is -0.170. The number of hydrogen-bond donors (Lipinski definition) is 0. The van der Waals surface area contributed by atoms with E-state index in [9.17, 15) is 19.6 Å². The molecule has 0 aromatic rings. The highest BCUT2D eigenvalue weighted by atomic mass is 127. The number of carbonyl (C=O) groups excluding carboxylic acids is 3. The number of esters is 3. The Labute approximate surface area is 153 Å². The van der Waals surface area contributed by atoms with Crippen molar-refractivity contribution in [1.29, 1.82) is 5.26 Å². The number of nitriles is 1. The SMILES string of the molecule is CCC(C)(I)C(=O)OCC(=O)OC1C2CC3C1OC(=O)C3(C#N)C2. The molecule has 6 atom stereocenters. The van der Waals surface area contributed by atoms with Crippen molar-refractivity contribution in [2.45, 2.75) is 48.7 Å². The standard InChI is InChI=1S/C16H18INO6/c1-3-15(2,17)13(20)22-6-10(19)23-11-8-4-9-12(11)24-14(21)16(9,5-8)7-18/h8-9,11-12H,3-6H2,1-2H3. The molecule has 1 aliphatic heterocycles. The maximum absolute atomic E-state index is 12.0. The van der Waals surface area contributed by atoms with E-state index in [4.69, 9.17) is 14.2 Å². The third-order valence-corrected chi connectivity index (χ3v) is 6.65. The van der Waals surface area contributed by atoms with E-state index in [0.717, 1.165) is 0 Å². The van der Waals surface area contributed by atoms with Gasteiger partial charge in [0.15, 0.2) is 12.0 Å². The minimum Gasteiger partial charge on any atom is -0.457 e. The van der Waals surface area contributed by atoms with E-state index in [1.54, 1.807) is 6.92 Å². The van der Waals surface area contributed by atoms with Crippen molar-refractivity contribution in [3.05, 3.63) is 0 Å². The summed E-state index contributed by atoms with van der Waals surface area (Å²) in [5, 5.41) is 9.33. The van der Waals surface area contributed by atoms with Gasteiger partial charge in [-0.15, -0.1) is 0 Å². The van der Waals surface area contributed by atoms with Crippen molar-refractivity contribution >= 4 is 40.5 Å². The summed E-state index contributed by atoms with van der Waals surface area (Å²) in [5.41, 5.74) is -1.06. The Balaban J connectivity index is 1.57. The van der Waals surface area contributed by atoms with Crippen LogP contribution in [-0.2, 0) is 28.6 Å². The van der Waals surface area contributed by atoms with E-state index in [1.165, 1.54) is 0 Å². The van der Waals surface area contributed by atoms with Crippen LogP contribution >= 0.6 is 22.6 Å². The highest BCUT2D eigenvalue weighted by molar-refractivity contribution is 14.1. The summed E-state index contributed by atoms with van der Waals surface area (Å²) >= 11 is 1.99. The van der Waals surface area contributed by atoms with Crippen molar-refractivity contribution in [1.82, 2.24) is 0 Å². The lowest BCUT2D eigenvalue weighted by Gasteiger charge is -2.27. The second-order valence-corrected chi connectivity index (χ2v) is 9.22. The number of hydrogen-bond acceptors (Lipinski definition) is 7. The maximum Gasteiger partial charge on any atom is 0.344 e. The average molecular weight is 447 g/mol. The predicted octanol–water partition coefficient (Wildman–Crippen LogP) is 1.52. The van der Waals surface area contributed by atoms with E-state index >= 15 is 0 Å². The van der Waals surface area contributed by atoms with E-state index in [-0.39, 0.29) is 11.8 Å². The summed E-state index contributed by atoms with van der Waals surface area (Å²) in [4.78, 5) is 35.8. The number of halogens is 1. The summed E-state index contributed by atoms with van der Waals surface area (Å²) in [7, 11) is 0. The Morgan fingerprint density at radius 3 is 2.88 bits per heavy atom. The monoisotopic (exact) mass is 447 g/mol. The first-order chi connectivity index (χ1) is 11.2. The quantitative estimate of drug-likeness (QED) is 0.273. The van der Waals surface area contributed by atoms with E-state index < -0.39 is 45.6 Å². The van der Waals surface area contributed by atoms with Crippen LogP contribution in [0.5, 0.6) is 0 Å². The highest BCUT2D eigenvalue weighted by Gasteiger charge is 2.72. The fourth-order valence-corrected chi connectivity index (χ4v) is 4.05. The van der Waals surface area contributed by atoms with Crippen LogP contribution in [0.2, 0.25) is 0 Å². The number of fused-ring (bicyclic) bond motifs is 1. The van der Waals surface area contributed by atoms with Crippen LogP contribution in [0, 0.1) is 28.6 Å². The molecular formula is C16H18INO6. The molecule has 3 aliphatic rings. The normalized spacial score (nSPS) is 38.2. The number of alkyl halides is 1. The van der Waals surface area contributed by atoms with Gasteiger partial charge in [0.25, 0.3) is 0 Å². The second-order valence-electron chi connectivity index (χ2n) is 6.84. The maximum atomic E-state index is 12.0. The average Bonchev–Trinajstić information content (AvgIpc) is 3.14. The zero-order valence-corrected chi connectivity index (χ0v) is 15.6. The van der Waals surface area contributed by atoms with Gasteiger partial charge in [-0.25, -0.2) is 4.79 Å². The molecule has 3 rings (SSSR count). The van der Waals surface area contributed by atoms with Crippen LogP contribution < -0.4 is 0 Å². The van der Waals surface area contributed by atoms with Crippen LogP contribution in [0.3, 0.4) is 0 Å². The molecule has 2 aliphatic carbocycles. The molecule has 2 bridgehead atoms. The Morgan fingerprint density at radius 2 is 2.25 bits per heavy atom. The molecule has 2 saturated carbocycles. The third kappa shape index (κ3) is 2.48. The first kappa shape index (κ1) is 17.5.